The van der Waals surface area contributed by atoms with Crippen LogP contribution in [-0.4, -0.2) is 39.0 Å². The Morgan fingerprint density at radius 1 is 1.17 bits per heavy atom. The van der Waals surface area contributed by atoms with Crippen molar-refractivity contribution in [2.75, 3.05) is 11.4 Å². The van der Waals surface area contributed by atoms with E-state index in [0.717, 1.165) is 11.0 Å². The highest BCUT2D eigenvalue weighted by Crippen LogP contribution is 2.37. The Kier molecular flexibility index (Phi) is 5.70. The summed E-state index contributed by atoms with van der Waals surface area (Å²) in [5.41, 5.74) is -0.316. The van der Waals surface area contributed by atoms with E-state index in [-0.39, 0.29) is 22.4 Å². The van der Waals surface area contributed by atoms with Gasteiger partial charge < -0.3 is 9.52 Å². The number of anilines is 1. The van der Waals surface area contributed by atoms with Crippen molar-refractivity contribution >= 4 is 34.7 Å². The molecule has 1 saturated heterocycles. The van der Waals surface area contributed by atoms with Crippen LogP contribution in [0.2, 0.25) is 0 Å². The minimum atomic E-state index is -4.65. The smallest absolute Gasteiger partial charge is 0.419 e. The molecule has 184 valence electrons. The molecule has 3 amide bonds. The molecule has 0 radical (unpaired) electrons. The normalized spacial score (nSPS) is 17.8. The van der Waals surface area contributed by atoms with Crippen molar-refractivity contribution in [3.8, 4) is 0 Å². The topological polar surface area (TPSA) is 113 Å². The first-order valence-electron chi connectivity index (χ1n) is 10.5. The van der Waals surface area contributed by atoms with E-state index in [2.05, 4.69) is 0 Å². The van der Waals surface area contributed by atoms with Crippen molar-refractivity contribution in [3.63, 3.8) is 0 Å². The standard InChI is InChI=1S/C23H20F3N3O6/c1-11-14(5-4-6-16(11)23(24,25)26)12(2)29-19(30)15(20(31)32)10-28(21(29)33)13-7-8-17-18(9-13)35-22(34)27(17)3/h4-9,12,15H,10H2,1-3H3,(H,31,32). The van der Waals surface area contributed by atoms with Crippen molar-refractivity contribution in [2.24, 2.45) is 13.0 Å². The third-order valence-corrected chi connectivity index (χ3v) is 6.24. The van der Waals surface area contributed by atoms with Crippen LogP contribution < -0.4 is 10.7 Å². The predicted octanol–water partition coefficient (Wildman–Crippen LogP) is 3.69. The molecule has 1 fully saturated rings. The third-order valence-electron chi connectivity index (χ3n) is 6.24. The van der Waals surface area contributed by atoms with Crippen LogP contribution in [-0.2, 0) is 22.8 Å². The highest BCUT2D eigenvalue weighted by molar-refractivity contribution is 6.12. The number of fused-ring (bicyclic) bond motifs is 1. The molecule has 1 aliphatic heterocycles. The molecular formula is C23H20F3N3O6. The Balaban J connectivity index is 1.80. The number of nitrogens with zero attached hydrogens (tertiary/aromatic N) is 3. The first-order valence-corrected chi connectivity index (χ1v) is 10.5. The quantitative estimate of drug-likeness (QED) is 0.557. The number of hydrogen-bond acceptors (Lipinski definition) is 5. The van der Waals surface area contributed by atoms with Crippen molar-refractivity contribution in [2.45, 2.75) is 26.1 Å². The number of carboxylic acid groups (broad SMARTS) is 1. The van der Waals surface area contributed by atoms with Crippen LogP contribution in [0, 0.1) is 12.8 Å². The minimum absolute atomic E-state index is 0.0528. The maximum absolute atomic E-state index is 13.4. The number of alkyl halides is 3. The lowest BCUT2D eigenvalue weighted by Crippen LogP contribution is -2.59. The summed E-state index contributed by atoms with van der Waals surface area (Å²) in [6.07, 6.45) is -4.65. The molecule has 2 atom stereocenters. The van der Waals surface area contributed by atoms with Crippen LogP contribution in [0.5, 0.6) is 0 Å². The van der Waals surface area contributed by atoms with E-state index in [1.807, 2.05) is 0 Å². The van der Waals surface area contributed by atoms with Gasteiger partial charge in [-0.15, -0.1) is 0 Å². The molecule has 35 heavy (non-hydrogen) atoms. The summed E-state index contributed by atoms with van der Waals surface area (Å²) in [5.74, 6) is -4.82. The Morgan fingerprint density at radius 2 is 1.86 bits per heavy atom. The van der Waals surface area contributed by atoms with Gasteiger partial charge in [0.15, 0.2) is 11.5 Å². The number of halogens is 3. The zero-order valence-corrected chi connectivity index (χ0v) is 18.8. The van der Waals surface area contributed by atoms with E-state index >= 15 is 0 Å². The lowest BCUT2D eigenvalue weighted by Gasteiger charge is -2.40. The summed E-state index contributed by atoms with van der Waals surface area (Å²) in [7, 11) is 1.49. The molecule has 0 bridgehead atoms. The first kappa shape index (κ1) is 24.0. The fourth-order valence-electron chi connectivity index (χ4n) is 4.33. The molecule has 0 saturated carbocycles. The number of carbonyl (C=O) groups excluding carboxylic acids is 2. The molecule has 9 nitrogen and oxygen atoms in total. The van der Waals surface area contributed by atoms with Crippen LogP contribution in [0.3, 0.4) is 0 Å². The number of imide groups is 1. The second kappa shape index (κ2) is 8.29. The number of rotatable bonds is 4. The van der Waals surface area contributed by atoms with Gasteiger partial charge in [0.2, 0.25) is 5.91 Å². The summed E-state index contributed by atoms with van der Waals surface area (Å²) in [6.45, 7) is 2.09. The Bertz CT molecular complexity index is 1420. The van der Waals surface area contributed by atoms with E-state index in [1.165, 1.54) is 55.8 Å². The maximum Gasteiger partial charge on any atom is 0.419 e. The first-order chi connectivity index (χ1) is 16.3. The number of benzene rings is 2. The van der Waals surface area contributed by atoms with Gasteiger partial charge in [0.1, 0.15) is 0 Å². The van der Waals surface area contributed by atoms with Gasteiger partial charge in [0.05, 0.1) is 23.7 Å². The van der Waals surface area contributed by atoms with Crippen LogP contribution in [0.15, 0.2) is 45.6 Å². The Hall–Kier alpha value is -4.09. The van der Waals surface area contributed by atoms with Gasteiger partial charge in [-0.3, -0.25) is 24.0 Å². The monoisotopic (exact) mass is 491 g/mol. The number of aryl methyl sites for hydroxylation is 1. The van der Waals surface area contributed by atoms with Crippen molar-refractivity contribution in [1.29, 1.82) is 0 Å². The fraction of sp³-hybridized carbons (Fsp3) is 0.304. The lowest BCUT2D eigenvalue weighted by molar-refractivity contribution is -0.150. The van der Waals surface area contributed by atoms with Crippen molar-refractivity contribution in [1.82, 2.24) is 9.47 Å². The van der Waals surface area contributed by atoms with Gasteiger partial charge in [-0.1, -0.05) is 12.1 Å². The molecule has 2 unspecified atom stereocenters. The summed E-state index contributed by atoms with van der Waals surface area (Å²) in [6, 6.07) is 5.63. The third kappa shape index (κ3) is 3.94. The highest BCUT2D eigenvalue weighted by atomic mass is 19.4. The number of amides is 3. The number of carbonyl (C=O) groups is 3. The van der Waals surface area contributed by atoms with Gasteiger partial charge in [-0.05, 0) is 43.2 Å². The minimum Gasteiger partial charge on any atom is -0.481 e. The molecule has 3 aromatic rings. The summed E-state index contributed by atoms with van der Waals surface area (Å²) < 4.78 is 46.7. The van der Waals surface area contributed by atoms with Crippen molar-refractivity contribution in [3.05, 3.63) is 63.6 Å². The number of aromatic nitrogens is 1. The predicted molar refractivity (Wildman–Crippen MR) is 117 cm³/mol. The molecule has 1 aliphatic rings. The lowest BCUT2D eigenvalue weighted by atomic mass is 9.94. The molecule has 12 heteroatoms. The average molecular weight is 491 g/mol. The zero-order valence-electron chi connectivity index (χ0n) is 18.8. The van der Waals surface area contributed by atoms with Crippen molar-refractivity contribution < 1.29 is 37.1 Å². The molecule has 1 aromatic heterocycles. The number of urea groups is 1. The number of oxazole rings is 1. The van der Waals surface area contributed by atoms with E-state index in [4.69, 9.17) is 4.42 Å². The Labute approximate surface area is 195 Å². The molecule has 0 aliphatic carbocycles. The van der Waals surface area contributed by atoms with Crippen LogP contribution in [0.25, 0.3) is 11.1 Å². The highest BCUT2D eigenvalue weighted by Gasteiger charge is 2.46. The zero-order chi connectivity index (χ0) is 25.8. The SMILES string of the molecule is Cc1c(C(C)N2C(=O)C(C(=O)O)CN(c3ccc4c(c3)oc(=O)n4C)C2=O)cccc1C(F)(F)F. The number of carboxylic acids is 1. The van der Waals surface area contributed by atoms with Gasteiger partial charge in [-0.25, -0.2) is 9.59 Å². The van der Waals surface area contributed by atoms with Crippen LogP contribution in [0.4, 0.5) is 23.7 Å². The largest absolute Gasteiger partial charge is 0.481 e. The van der Waals surface area contributed by atoms with Gasteiger partial charge in [0, 0.05) is 18.8 Å². The van der Waals surface area contributed by atoms with Crippen LogP contribution in [0.1, 0.15) is 29.7 Å². The molecular weight excluding hydrogens is 471 g/mol. The second-order valence-corrected chi connectivity index (χ2v) is 8.26. The van der Waals surface area contributed by atoms with Gasteiger partial charge in [0.25, 0.3) is 0 Å². The summed E-state index contributed by atoms with van der Waals surface area (Å²) in [4.78, 5) is 51.8. The van der Waals surface area contributed by atoms with E-state index in [9.17, 15) is 37.5 Å². The summed E-state index contributed by atoms with van der Waals surface area (Å²) >= 11 is 0. The van der Waals surface area contributed by atoms with Crippen LogP contribution >= 0.6 is 0 Å². The summed E-state index contributed by atoms with van der Waals surface area (Å²) in [5, 5.41) is 9.65. The molecule has 2 aromatic carbocycles. The second-order valence-electron chi connectivity index (χ2n) is 8.26. The molecule has 2 heterocycles. The molecule has 1 N–H and O–H groups in total. The average Bonchev–Trinajstić information content (AvgIpc) is 3.05. The van der Waals surface area contributed by atoms with Gasteiger partial charge >= 0.3 is 23.9 Å². The molecule has 4 rings (SSSR count). The fourth-order valence-corrected chi connectivity index (χ4v) is 4.33. The van der Waals surface area contributed by atoms with E-state index in [1.54, 1.807) is 0 Å². The van der Waals surface area contributed by atoms with E-state index < -0.39 is 53.9 Å². The van der Waals surface area contributed by atoms with E-state index in [0.29, 0.717) is 10.4 Å². The van der Waals surface area contributed by atoms with Gasteiger partial charge in [-0.2, -0.15) is 13.2 Å². The molecule has 0 spiro atoms. The maximum atomic E-state index is 13.4. The Morgan fingerprint density at radius 3 is 2.49 bits per heavy atom. The number of hydrogen-bond donors (Lipinski definition) is 1. The number of aliphatic carboxylic acids is 1.